The van der Waals surface area contributed by atoms with E-state index in [1.807, 2.05) is 38.1 Å². The Morgan fingerprint density at radius 3 is 2.48 bits per heavy atom. The SMILES string of the molecule is CC[C@@]1(c2ccc(Br)cc2)C(=O)OC(C(=O)OC)=C[C@@H]1C. The number of cyclic esters (lactones) is 1. The van der Waals surface area contributed by atoms with Crippen LogP contribution in [0.5, 0.6) is 0 Å². The lowest BCUT2D eigenvalue weighted by molar-refractivity contribution is -0.157. The fourth-order valence-electron chi connectivity index (χ4n) is 2.79. The molecule has 0 saturated heterocycles. The molecule has 0 fully saturated rings. The first-order valence-electron chi connectivity index (χ1n) is 6.74. The predicted octanol–water partition coefficient (Wildman–Crippen LogP) is 3.35. The standard InChI is InChI=1S/C16H17BrO4/c1-4-16(11-5-7-12(17)8-6-11)10(2)9-13(14(18)20-3)21-15(16)19/h5-10H,4H2,1-3H3/t10-,16+/m0/s1. The molecule has 0 radical (unpaired) electrons. The third-order valence-corrected chi connectivity index (χ3v) is 4.58. The summed E-state index contributed by atoms with van der Waals surface area (Å²) in [6.07, 6.45) is 2.25. The van der Waals surface area contributed by atoms with E-state index in [-0.39, 0.29) is 11.7 Å². The van der Waals surface area contributed by atoms with Crippen LogP contribution in [0.4, 0.5) is 0 Å². The van der Waals surface area contributed by atoms with E-state index < -0.39 is 17.4 Å². The summed E-state index contributed by atoms with van der Waals surface area (Å²) in [5.41, 5.74) is 0.101. The minimum Gasteiger partial charge on any atom is -0.463 e. The zero-order valence-electron chi connectivity index (χ0n) is 12.2. The van der Waals surface area contributed by atoms with Gasteiger partial charge in [0.05, 0.1) is 12.5 Å². The van der Waals surface area contributed by atoms with E-state index in [4.69, 9.17) is 4.74 Å². The van der Waals surface area contributed by atoms with E-state index in [2.05, 4.69) is 20.7 Å². The lowest BCUT2D eigenvalue weighted by Crippen LogP contribution is -2.45. The molecule has 2 atom stereocenters. The van der Waals surface area contributed by atoms with E-state index in [9.17, 15) is 9.59 Å². The highest BCUT2D eigenvalue weighted by Gasteiger charge is 2.48. The van der Waals surface area contributed by atoms with Crippen LogP contribution >= 0.6 is 15.9 Å². The number of carbonyl (C=O) groups excluding carboxylic acids is 2. The Bertz CT molecular complexity index is 591. The van der Waals surface area contributed by atoms with E-state index >= 15 is 0 Å². The van der Waals surface area contributed by atoms with Gasteiger partial charge >= 0.3 is 11.9 Å². The number of benzene rings is 1. The summed E-state index contributed by atoms with van der Waals surface area (Å²) < 4.78 is 10.8. The Balaban J connectivity index is 2.49. The van der Waals surface area contributed by atoms with Crippen molar-refractivity contribution in [3.63, 3.8) is 0 Å². The quantitative estimate of drug-likeness (QED) is 0.782. The van der Waals surface area contributed by atoms with Crippen LogP contribution in [-0.4, -0.2) is 19.0 Å². The highest BCUT2D eigenvalue weighted by Crippen LogP contribution is 2.42. The molecule has 1 aromatic carbocycles. The lowest BCUT2D eigenvalue weighted by Gasteiger charge is -2.38. The molecule has 0 unspecified atom stereocenters. The number of carbonyl (C=O) groups is 2. The Morgan fingerprint density at radius 1 is 1.38 bits per heavy atom. The average Bonchev–Trinajstić information content (AvgIpc) is 2.48. The highest BCUT2D eigenvalue weighted by atomic mass is 79.9. The van der Waals surface area contributed by atoms with Crippen molar-refractivity contribution in [3.8, 4) is 0 Å². The molecular formula is C16H17BrO4. The van der Waals surface area contributed by atoms with Gasteiger partial charge in [-0.05, 0) is 36.1 Å². The van der Waals surface area contributed by atoms with Gasteiger partial charge in [0.15, 0.2) is 0 Å². The van der Waals surface area contributed by atoms with Gasteiger partial charge in [0.2, 0.25) is 5.76 Å². The number of rotatable bonds is 3. The first kappa shape index (κ1) is 15.8. The zero-order valence-corrected chi connectivity index (χ0v) is 13.8. The van der Waals surface area contributed by atoms with E-state index in [1.54, 1.807) is 6.08 Å². The van der Waals surface area contributed by atoms with Crippen molar-refractivity contribution in [2.75, 3.05) is 7.11 Å². The Hall–Kier alpha value is -1.62. The number of halogens is 1. The third kappa shape index (κ3) is 2.62. The van der Waals surface area contributed by atoms with E-state index in [0.717, 1.165) is 10.0 Å². The van der Waals surface area contributed by atoms with Crippen molar-refractivity contribution >= 4 is 27.9 Å². The molecule has 1 aliphatic heterocycles. The van der Waals surface area contributed by atoms with Crippen molar-refractivity contribution in [3.05, 3.63) is 46.1 Å². The smallest absolute Gasteiger partial charge is 0.373 e. The molecule has 0 amide bonds. The zero-order chi connectivity index (χ0) is 15.6. The summed E-state index contributed by atoms with van der Waals surface area (Å²) in [4.78, 5) is 24.2. The van der Waals surface area contributed by atoms with Crippen molar-refractivity contribution in [2.24, 2.45) is 5.92 Å². The molecule has 1 heterocycles. The number of hydrogen-bond donors (Lipinski definition) is 0. The van der Waals surface area contributed by atoms with Gasteiger partial charge in [0.1, 0.15) is 0 Å². The molecule has 0 spiro atoms. The van der Waals surface area contributed by atoms with Crippen molar-refractivity contribution in [1.29, 1.82) is 0 Å². The molecule has 21 heavy (non-hydrogen) atoms. The Kier molecular flexibility index (Phi) is 4.52. The molecule has 5 heteroatoms. The van der Waals surface area contributed by atoms with Crippen molar-refractivity contribution < 1.29 is 19.1 Å². The number of allylic oxidation sites excluding steroid dienone is 1. The van der Waals surface area contributed by atoms with Crippen molar-refractivity contribution in [2.45, 2.75) is 25.7 Å². The molecule has 1 aliphatic rings. The average molecular weight is 353 g/mol. The van der Waals surface area contributed by atoms with Gasteiger partial charge in [-0.15, -0.1) is 0 Å². The van der Waals surface area contributed by atoms with Crippen LogP contribution in [0.15, 0.2) is 40.6 Å². The largest absolute Gasteiger partial charge is 0.463 e. The van der Waals surface area contributed by atoms with Crippen molar-refractivity contribution in [1.82, 2.24) is 0 Å². The monoisotopic (exact) mass is 352 g/mol. The molecular weight excluding hydrogens is 336 g/mol. The summed E-state index contributed by atoms with van der Waals surface area (Å²) >= 11 is 3.39. The number of esters is 2. The molecule has 0 N–H and O–H groups in total. The predicted molar refractivity (Wildman–Crippen MR) is 81.5 cm³/mol. The van der Waals surface area contributed by atoms with Gasteiger partial charge in [-0.25, -0.2) is 4.79 Å². The normalized spacial score (nSPS) is 25.0. The van der Waals surface area contributed by atoms with Crippen LogP contribution in [0.3, 0.4) is 0 Å². The summed E-state index contributed by atoms with van der Waals surface area (Å²) in [6, 6.07) is 7.60. The second-order valence-corrected chi connectivity index (χ2v) is 5.95. The van der Waals surface area contributed by atoms with Crippen LogP contribution in [0.25, 0.3) is 0 Å². The second kappa shape index (κ2) is 6.02. The van der Waals surface area contributed by atoms with E-state index in [1.165, 1.54) is 7.11 Å². The van der Waals surface area contributed by atoms with Crippen LogP contribution < -0.4 is 0 Å². The fraction of sp³-hybridized carbons (Fsp3) is 0.375. The van der Waals surface area contributed by atoms with Gasteiger partial charge in [0, 0.05) is 4.47 Å². The summed E-state index contributed by atoms with van der Waals surface area (Å²) in [5, 5.41) is 0. The molecule has 0 saturated carbocycles. The van der Waals surface area contributed by atoms with Gasteiger partial charge in [-0.3, -0.25) is 4.79 Å². The number of hydrogen-bond acceptors (Lipinski definition) is 4. The maximum absolute atomic E-state index is 12.6. The van der Waals surface area contributed by atoms with Gasteiger partial charge in [-0.1, -0.05) is 41.9 Å². The molecule has 0 aromatic heterocycles. The molecule has 2 rings (SSSR count). The summed E-state index contributed by atoms with van der Waals surface area (Å²) in [5.74, 6) is -1.24. The molecule has 0 bridgehead atoms. The number of methoxy groups -OCH3 is 1. The summed E-state index contributed by atoms with van der Waals surface area (Å²) in [7, 11) is 1.26. The molecule has 1 aromatic rings. The first-order valence-corrected chi connectivity index (χ1v) is 7.53. The Labute approximate surface area is 132 Å². The van der Waals surface area contributed by atoms with Crippen LogP contribution in [0, 0.1) is 5.92 Å². The van der Waals surface area contributed by atoms with Gasteiger partial charge < -0.3 is 9.47 Å². The third-order valence-electron chi connectivity index (χ3n) is 4.05. The second-order valence-electron chi connectivity index (χ2n) is 5.03. The summed E-state index contributed by atoms with van der Waals surface area (Å²) in [6.45, 7) is 3.85. The van der Waals surface area contributed by atoms with Gasteiger partial charge in [-0.2, -0.15) is 0 Å². The molecule has 4 nitrogen and oxygen atoms in total. The van der Waals surface area contributed by atoms with Crippen LogP contribution in [0.1, 0.15) is 25.8 Å². The van der Waals surface area contributed by atoms with Crippen LogP contribution in [0.2, 0.25) is 0 Å². The highest BCUT2D eigenvalue weighted by molar-refractivity contribution is 9.10. The minimum atomic E-state index is -0.780. The van der Waals surface area contributed by atoms with E-state index in [0.29, 0.717) is 6.42 Å². The Morgan fingerprint density at radius 2 is 2.00 bits per heavy atom. The van der Waals surface area contributed by atoms with Gasteiger partial charge in [0.25, 0.3) is 0 Å². The first-order chi connectivity index (χ1) is 9.95. The molecule has 0 aliphatic carbocycles. The maximum Gasteiger partial charge on any atom is 0.373 e. The number of ether oxygens (including phenoxy) is 2. The maximum atomic E-state index is 12.6. The molecule has 112 valence electrons. The topological polar surface area (TPSA) is 52.6 Å². The minimum absolute atomic E-state index is 0.0313. The fourth-order valence-corrected chi connectivity index (χ4v) is 3.05. The van der Waals surface area contributed by atoms with Crippen LogP contribution in [-0.2, 0) is 24.5 Å². The lowest BCUT2D eigenvalue weighted by atomic mass is 9.68.